The van der Waals surface area contributed by atoms with Crippen LogP contribution in [0.5, 0.6) is 11.5 Å². The number of amides is 1. The number of carbonyl (C=O) groups excluding carboxylic acids is 3. The summed E-state index contributed by atoms with van der Waals surface area (Å²) in [5.74, 6) is -2.32. The second kappa shape index (κ2) is 20.7. The fraction of sp³-hybridized carbons (Fsp3) is 0.618. The maximum Gasteiger partial charge on any atom is 0.340 e. The second-order valence-corrected chi connectivity index (χ2v) is 15.7. The lowest BCUT2D eigenvalue weighted by Gasteiger charge is -2.41. The van der Waals surface area contributed by atoms with Gasteiger partial charge in [0.2, 0.25) is 9.67 Å². The van der Waals surface area contributed by atoms with Crippen molar-refractivity contribution < 1.29 is 33.7 Å². The first-order chi connectivity index (χ1) is 21.9. The average molecular weight is 758 g/mol. The Hall–Kier alpha value is -1.78. The van der Waals surface area contributed by atoms with Gasteiger partial charge < -0.3 is 24.2 Å². The zero-order valence-corrected chi connectivity index (χ0v) is 32.5. The normalized spacial score (nSPS) is 14.4. The van der Waals surface area contributed by atoms with Gasteiger partial charge >= 0.3 is 11.9 Å². The molecule has 0 radical (unpaired) electrons. The molecule has 8 nitrogen and oxygen atoms in total. The summed E-state index contributed by atoms with van der Waals surface area (Å²) in [7, 11) is 1.41. The first-order valence-corrected chi connectivity index (χ1v) is 18.2. The number of phenols is 1. The van der Waals surface area contributed by atoms with Crippen molar-refractivity contribution in [3.05, 3.63) is 46.6 Å². The SMILES string of the molecule is CCN(CC)C(=O)c1cc(O)c([C@H](SC(C)C)[C@@H](OC(=O)C(Cl)Cl)[C@](C)(CC/C=C(\C)CCC=C(C)C)OC(=O)C(Cl)Cl)c(OC)c1. The molecule has 0 saturated carbocycles. The molecule has 47 heavy (non-hydrogen) atoms. The molecule has 0 spiro atoms. The Balaban J connectivity index is 3.94. The standard InChI is InChI=1S/C34H49Cl4NO7S/c1-10-39(11-2)31(41)23-18-24(40)26(25(19-23)44-9)27(47-21(5)6)28(45-32(42)29(35)36)34(8,46-33(43)30(37)38)17-13-16-22(7)15-12-14-20(3)4/h14,16,18-19,21,27-30,40H,10-13,15,17H2,1-9H3/b22-16+/t27-,28+,34-/m0/s1. The van der Waals surface area contributed by atoms with E-state index in [0.717, 1.165) is 18.4 Å². The molecule has 0 unspecified atom stereocenters. The summed E-state index contributed by atoms with van der Waals surface area (Å²) in [4.78, 5) is 37.8. The molecular formula is C34H49Cl4NO7S. The fourth-order valence-electron chi connectivity index (χ4n) is 4.97. The van der Waals surface area contributed by atoms with Crippen LogP contribution in [0.25, 0.3) is 0 Å². The summed E-state index contributed by atoms with van der Waals surface area (Å²) in [6.45, 7) is 16.2. The summed E-state index contributed by atoms with van der Waals surface area (Å²) < 4.78 is 17.7. The Morgan fingerprint density at radius 1 is 0.979 bits per heavy atom. The van der Waals surface area contributed by atoms with Gasteiger partial charge in [0.05, 0.1) is 17.9 Å². The molecule has 1 amide bonds. The number of aromatic hydroxyl groups is 1. The molecule has 0 bridgehead atoms. The first-order valence-electron chi connectivity index (χ1n) is 15.6. The lowest BCUT2D eigenvalue weighted by atomic mass is 9.86. The molecule has 1 N–H and O–H groups in total. The third kappa shape index (κ3) is 13.6. The van der Waals surface area contributed by atoms with Gasteiger partial charge in [-0.05, 0) is 84.6 Å². The molecule has 0 aliphatic rings. The highest BCUT2D eigenvalue weighted by Gasteiger charge is 2.49. The number of thioether (sulfide) groups is 1. The topological polar surface area (TPSA) is 102 Å². The van der Waals surface area contributed by atoms with Crippen molar-refractivity contribution in [1.29, 1.82) is 0 Å². The van der Waals surface area contributed by atoms with Crippen LogP contribution in [0.1, 0.15) is 102 Å². The second-order valence-electron chi connectivity index (χ2n) is 11.8. The van der Waals surface area contributed by atoms with E-state index in [1.54, 1.807) is 11.8 Å². The van der Waals surface area contributed by atoms with Crippen molar-refractivity contribution in [2.45, 2.75) is 113 Å². The van der Waals surface area contributed by atoms with Crippen molar-refractivity contribution in [1.82, 2.24) is 4.90 Å². The number of carbonyl (C=O) groups is 3. The number of esters is 2. The lowest BCUT2D eigenvalue weighted by molar-refractivity contribution is -0.183. The number of nitrogens with zero attached hydrogens (tertiary/aromatic N) is 1. The Labute approximate surface area is 304 Å². The van der Waals surface area contributed by atoms with E-state index in [1.165, 1.54) is 36.6 Å². The number of hydrogen-bond donors (Lipinski definition) is 1. The molecule has 0 heterocycles. The Morgan fingerprint density at radius 3 is 2.06 bits per heavy atom. The predicted octanol–water partition coefficient (Wildman–Crippen LogP) is 9.36. The number of alkyl halides is 4. The van der Waals surface area contributed by atoms with Crippen molar-refractivity contribution >= 4 is 76.0 Å². The summed E-state index contributed by atoms with van der Waals surface area (Å²) in [5.41, 5.74) is 1.23. The van der Waals surface area contributed by atoms with Crippen molar-refractivity contribution in [3.63, 3.8) is 0 Å². The molecule has 1 aromatic rings. The van der Waals surface area contributed by atoms with Crippen LogP contribution >= 0.6 is 58.2 Å². The minimum atomic E-state index is -1.56. The molecule has 1 aromatic carbocycles. The average Bonchev–Trinajstić information content (AvgIpc) is 2.98. The lowest BCUT2D eigenvalue weighted by Crippen LogP contribution is -2.50. The van der Waals surface area contributed by atoms with E-state index in [1.807, 2.05) is 54.5 Å². The molecule has 266 valence electrons. The number of benzene rings is 1. The highest BCUT2D eigenvalue weighted by molar-refractivity contribution is 8.00. The van der Waals surface area contributed by atoms with Gasteiger partial charge in [0.15, 0.2) is 6.10 Å². The van der Waals surface area contributed by atoms with Crippen LogP contribution in [0.3, 0.4) is 0 Å². The van der Waals surface area contributed by atoms with Crippen LogP contribution in [0.2, 0.25) is 0 Å². The van der Waals surface area contributed by atoms with Crippen LogP contribution in [-0.4, -0.2) is 74.7 Å². The van der Waals surface area contributed by atoms with E-state index in [9.17, 15) is 19.5 Å². The van der Waals surface area contributed by atoms with Gasteiger partial charge in [-0.25, -0.2) is 9.59 Å². The third-order valence-electron chi connectivity index (χ3n) is 7.38. The summed E-state index contributed by atoms with van der Waals surface area (Å²) in [6, 6.07) is 2.89. The number of allylic oxidation sites excluding steroid dienone is 4. The predicted molar refractivity (Wildman–Crippen MR) is 194 cm³/mol. The van der Waals surface area contributed by atoms with E-state index in [-0.39, 0.29) is 40.2 Å². The molecule has 0 aliphatic heterocycles. The molecule has 1 rings (SSSR count). The zero-order valence-electron chi connectivity index (χ0n) is 28.7. The molecule has 0 aromatic heterocycles. The molecule has 0 saturated heterocycles. The van der Waals surface area contributed by atoms with E-state index < -0.39 is 38.6 Å². The molecule has 0 aliphatic carbocycles. The van der Waals surface area contributed by atoms with Crippen molar-refractivity contribution in [2.24, 2.45) is 0 Å². The Morgan fingerprint density at radius 2 is 1.57 bits per heavy atom. The number of methoxy groups -OCH3 is 1. The third-order valence-corrected chi connectivity index (χ3v) is 9.41. The van der Waals surface area contributed by atoms with Gasteiger partial charge in [-0.2, -0.15) is 0 Å². The van der Waals surface area contributed by atoms with Crippen LogP contribution in [-0.2, 0) is 19.1 Å². The fourth-order valence-corrected chi connectivity index (χ4v) is 6.61. The number of phenolic OH excluding ortho intramolecular Hbond substituents is 1. The minimum absolute atomic E-state index is 0.101. The summed E-state index contributed by atoms with van der Waals surface area (Å²) in [5, 5.41) is 10.5. The van der Waals surface area contributed by atoms with E-state index in [4.69, 9.17) is 60.6 Å². The highest BCUT2D eigenvalue weighted by Crippen LogP contribution is 2.50. The summed E-state index contributed by atoms with van der Waals surface area (Å²) >= 11 is 25.1. The minimum Gasteiger partial charge on any atom is -0.507 e. The van der Waals surface area contributed by atoms with E-state index in [2.05, 4.69) is 6.08 Å². The molecule has 3 atom stereocenters. The van der Waals surface area contributed by atoms with Gasteiger partial charge in [-0.1, -0.05) is 83.5 Å². The first kappa shape index (κ1) is 43.2. The van der Waals surface area contributed by atoms with Gasteiger partial charge in [-0.15, -0.1) is 11.8 Å². The van der Waals surface area contributed by atoms with Crippen LogP contribution in [0.4, 0.5) is 0 Å². The maximum absolute atomic E-state index is 13.2. The maximum atomic E-state index is 13.2. The van der Waals surface area contributed by atoms with Gasteiger partial charge in [0.1, 0.15) is 17.1 Å². The van der Waals surface area contributed by atoms with Crippen molar-refractivity contribution in [3.8, 4) is 11.5 Å². The van der Waals surface area contributed by atoms with E-state index >= 15 is 0 Å². The Kier molecular flexibility index (Phi) is 19.0. The van der Waals surface area contributed by atoms with Gasteiger partial charge in [-0.3, -0.25) is 4.79 Å². The van der Waals surface area contributed by atoms with Gasteiger partial charge in [0.25, 0.3) is 5.91 Å². The van der Waals surface area contributed by atoms with Crippen LogP contribution < -0.4 is 4.74 Å². The number of ether oxygens (including phenoxy) is 3. The number of halogens is 4. The number of rotatable bonds is 19. The molecule has 13 heteroatoms. The largest absolute Gasteiger partial charge is 0.507 e. The molecular weight excluding hydrogens is 708 g/mol. The Bertz CT molecular complexity index is 1260. The highest BCUT2D eigenvalue weighted by atomic mass is 35.5. The van der Waals surface area contributed by atoms with Crippen LogP contribution in [0, 0.1) is 0 Å². The summed E-state index contributed by atoms with van der Waals surface area (Å²) in [6.07, 6.45) is 5.21. The zero-order chi connectivity index (χ0) is 36.1. The van der Waals surface area contributed by atoms with Crippen LogP contribution in [0.15, 0.2) is 35.4 Å². The van der Waals surface area contributed by atoms with E-state index in [0.29, 0.717) is 19.5 Å². The van der Waals surface area contributed by atoms with Gasteiger partial charge in [0, 0.05) is 18.7 Å². The monoisotopic (exact) mass is 755 g/mol. The molecule has 0 fully saturated rings. The quantitative estimate of drug-likeness (QED) is 0.0847. The smallest absolute Gasteiger partial charge is 0.340 e. The number of hydrogen-bond acceptors (Lipinski definition) is 8. The van der Waals surface area contributed by atoms with Crippen molar-refractivity contribution in [2.75, 3.05) is 20.2 Å².